The fraction of sp³-hybridized carbons (Fsp3) is 0.133. The van der Waals surface area contributed by atoms with E-state index in [1.54, 1.807) is 12.1 Å². The quantitative estimate of drug-likeness (QED) is 0.775. The Morgan fingerprint density at radius 3 is 2.79 bits per heavy atom. The summed E-state index contributed by atoms with van der Waals surface area (Å²) in [4.78, 5) is 12.3. The summed E-state index contributed by atoms with van der Waals surface area (Å²) in [6, 6.07) is 7.99. The topological polar surface area (TPSA) is 26.3 Å². The summed E-state index contributed by atoms with van der Waals surface area (Å²) in [5, 5.41) is 0. The van der Waals surface area contributed by atoms with Gasteiger partial charge < -0.3 is 4.74 Å². The molecule has 0 spiro atoms. The molecule has 19 heavy (non-hydrogen) atoms. The number of fused-ring (bicyclic) bond motifs is 1. The van der Waals surface area contributed by atoms with Crippen LogP contribution in [0.4, 0.5) is 8.78 Å². The van der Waals surface area contributed by atoms with Crippen LogP contribution in [-0.4, -0.2) is 12.4 Å². The first kappa shape index (κ1) is 11.8. The molecule has 0 radical (unpaired) electrons. The highest BCUT2D eigenvalue weighted by molar-refractivity contribution is 6.11. The van der Waals surface area contributed by atoms with Gasteiger partial charge in [-0.2, -0.15) is 0 Å². The van der Waals surface area contributed by atoms with Gasteiger partial charge in [0.1, 0.15) is 17.4 Å². The molecule has 2 aromatic rings. The molecule has 1 aliphatic heterocycles. The van der Waals surface area contributed by atoms with Crippen LogP contribution in [-0.2, 0) is 6.42 Å². The minimum atomic E-state index is -0.734. The van der Waals surface area contributed by atoms with Crippen molar-refractivity contribution in [3.63, 3.8) is 0 Å². The molecule has 0 bridgehead atoms. The van der Waals surface area contributed by atoms with Crippen LogP contribution < -0.4 is 4.74 Å². The van der Waals surface area contributed by atoms with E-state index in [1.807, 2.05) is 6.07 Å². The number of halogens is 2. The normalized spacial score (nSPS) is 12.9. The molecule has 0 unspecified atom stereocenters. The van der Waals surface area contributed by atoms with E-state index in [-0.39, 0.29) is 11.1 Å². The Bertz CT molecular complexity index is 665. The minimum Gasteiger partial charge on any atom is -0.492 e. The molecule has 2 aromatic carbocycles. The van der Waals surface area contributed by atoms with Gasteiger partial charge in [0.15, 0.2) is 5.78 Å². The number of carbonyl (C=O) groups is 1. The van der Waals surface area contributed by atoms with Crippen molar-refractivity contribution in [1.82, 2.24) is 0 Å². The van der Waals surface area contributed by atoms with Crippen molar-refractivity contribution in [2.75, 3.05) is 6.61 Å². The van der Waals surface area contributed by atoms with Crippen LogP contribution in [0.3, 0.4) is 0 Å². The number of benzene rings is 2. The molecule has 0 saturated carbocycles. The lowest BCUT2D eigenvalue weighted by atomic mass is 9.99. The van der Waals surface area contributed by atoms with Crippen LogP contribution in [0.1, 0.15) is 21.5 Å². The molecular formula is C15H10F2O2. The Kier molecular flexibility index (Phi) is 2.78. The Labute approximate surface area is 108 Å². The first-order valence-corrected chi connectivity index (χ1v) is 5.91. The third-order valence-electron chi connectivity index (χ3n) is 3.13. The van der Waals surface area contributed by atoms with Crippen molar-refractivity contribution in [3.05, 3.63) is 64.7 Å². The van der Waals surface area contributed by atoms with Crippen molar-refractivity contribution in [1.29, 1.82) is 0 Å². The van der Waals surface area contributed by atoms with Crippen LogP contribution in [0, 0.1) is 11.6 Å². The molecule has 0 amide bonds. The van der Waals surface area contributed by atoms with Crippen molar-refractivity contribution >= 4 is 5.78 Å². The maximum atomic E-state index is 13.6. The third kappa shape index (κ3) is 1.99. The summed E-state index contributed by atoms with van der Waals surface area (Å²) < 4.78 is 32.2. The van der Waals surface area contributed by atoms with Crippen molar-refractivity contribution < 1.29 is 18.3 Å². The molecule has 4 heteroatoms. The first-order valence-electron chi connectivity index (χ1n) is 5.91. The lowest BCUT2D eigenvalue weighted by Gasteiger charge is -2.07. The number of carbonyl (C=O) groups excluding carboxylic acids is 1. The first-order chi connectivity index (χ1) is 9.16. The Hall–Kier alpha value is -2.23. The number of ether oxygens (including phenoxy) is 1. The van der Waals surface area contributed by atoms with Gasteiger partial charge in [0, 0.05) is 6.42 Å². The molecule has 0 aromatic heterocycles. The summed E-state index contributed by atoms with van der Waals surface area (Å²) in [6.07, 6.45) is 0.724. The highest BCUT2D eigenvalue weighted by Gasteiger charge is 2.23. The number of hydrogen-bond donors (Lipinski definition) is 0. The van der Waals surface area contributed by atoms with E-state index in [9.17, 15) is 13.6 Å². The van der Waals surface area contributed by atoms with Crippen molar-refractivity contribution in [3.8, 4) is 5.75 Å². The molecule has 0 saturated heterocycles. The standard InChI is InChI=1S/C15H10F2O2/c16-10-4-5-13(17)12(8-10)14(18)11-3-1-2-9-6-7-19-15(9)11/h1-5,8H,6-7H2. The van der Waals surface area contributed by atoms with Crippen molar-refractivity contribution in [2.45, 2.75) is 6.42 Å². The molecule has 0 aliphatic carbocycles. The highest BCUT2D eigenvalue weighted by Crippen LogP contribution is 2.31. The molecule has 96 valence electrons. The Morgan fingerprint density at radius 1 is 1.11 bits per heavy atom. The van der Waals surface area contributed by atoms with Gasteiger partial charge in [-0.3, -0.25) is 4.79 Å². The Balaban J connectivity index is 2.10. The minimum absolute atomic E-state index is 0.274. The van der Waals surface area contributed by atoms with Crippen LogP contribution >= 0.6 is 0 Å². The number of para-hydroxylation sites is 1. The van der Waals surface area contributed by atoms with Crippen LogP contribution in [0.5, 0.6) is 5.75 Å². The lowest BCUT2D eigenvalue weighted by molar-refractivity contribution is 0.103. The number of ketones is 1. The zero-order chi connectivity index (χ0) is 13.4. The van der Waals surface area contributed by atoms with E-state index >= 15 is 0 Å². The van der Waals surface area contributed by atoms with Crippen molar-refractivity contribution in [2.24, 2.45) is 0 Å². The summed E-state index contributed by atoms with van der Waals surface area (Å²) in [5.74, 6) is -1.45. The van der Waals surface area contributed by atoms with E-state index in [0.29, 0.717) is 12.4 Å². The van der Waals surface area contributed by atoms with E-state index in [1.165, 1.54) is 0 Å². The lowest BCUT2D eigenvalue weighted by Crippen LogP contribution is -2.06. The fourth-order valence-electron chi connectivity index (χ4n) is 2.21. The second-order valence-electron chi connectivity index (χ2n) is 4.35. The second-order valence-corrected chi connectivity index (χ2v) is 4.35. The monoisotopic (exact) mass is 260 g/mol. The van der Waals surface area contributed by atoms with Gasteiger partial charge in [-0.05, 0) is 29.8 Å². The molecular weight excluding hydrogens is 250 g/mol. The number of rotatable bonds is 2. The summed E-state index contributed by atoms with van der Waals surface area (Å²) in [6.45, 7) is 0.505. The average Bonchev–Trinajstić information content (AvgIpc) is 2.89. The van der Waals surface area contributed by atoms with Gasteiger partial charge in [0.25, 0.3) is 0 Å². The third-order valence-corrected chi connectivity index (χ3v) is 3.13. The predicted molar refractivity (Wildman–Crippen MR) is 65.4 cm³/mol. The van der Waals surface area contributed by atoms with E-state index in [0.717, 1.165) is 30.2 Å². The molecule has 1 aliphatic rings. The van der Waals surface area contributed by atoms with Gasteiger partial charge in [0.2, 0.25) is 0 Å². The highest BCUT2D eigenvalue weighted by atomic mass is 19.1. The van der Waals surface area contributed by atoms with E-state index in [4.69, 9.17) is 4.74 Å². The molecule has 1 heterocycles. The van der Waals surface area contributed by atoms with E-state index < -0.39 is 17.4 Å². The largest absolute Gasteiger partial charge is 0.492 e. The molecule has 0 fully saturated rings. The maximum absolute atomic E-state index is 13.6. The Morgan fingerprint density at radius 2 is 1.95 bits per heavy atom. The second kappa shape index (κ2) is 4.46. The van der Waals surface area contributed by atoms with Gasteiger partial charge in [-0.15, -0.1) is 0 Å². The zero-order valence-corrected chi connectivity index (χ0v) is 9.95. The van der Waals surface area contributed by atoms with Gasteiger partial charge in [0.05, 0.1) is 17.7 Å². The molecule has 3 rings (SSSR count). The zero-order valence-electron chi connectivity index (χ0n) is 9.95. The van der Waals surface area contributed by atoms with Crippen LogP contribution in [0.2, 0.25) is 0 Å². The maximum Gasteiger partial charge on any atom is 0.199 e. The summed E-state index contributed by atoms with van der Waals surface area (Å²) in [5.41, 5.74) is 0.922. The van der Waals surface area contributed by atoms with Crippen LogP contribution in [0.15, 0.2) is 36.4 Å². The van der Waals surface area contributed by atoms with E-state index in [2.05, 4.69) is 0 Å². The summed E-state index contributed by atoms with van der Waals surface area (Å²) in [7, 11) is 0. The molecule has 2 nitrogen and oxygen atoms in total. The molecule has 0 atom stereocenters. The van der Waals surface area contributed by atoms with Gasteiger partial charge in [-0.25, -0.2) is 8.78 Å². The van der Waals surface area contributed by atoms with Gasteiger partial charge in [-0.1, -0.05) is 12.1 Å². The number of hydrogen-bond acceptors (Lipinski definition) is 2. The SMILES string of the molecule is O=C(c1cc(F)ccc1F)c1cccc2c1OCC2. The smallest absolute Gasteiger partial charge is 0.199 e. The van der Waals surface area contributed by atoms with Crippen LogP contribution in [0.25, 0.3) is 0 Å². The predicted octanol–water partition coefficient (Wildman–Crippen LogP) is 3.13. The average molecular weight is 260 g/mol. The fourth-order valence-corrected chi connectivity index (χ4v) is 2.21. The summed E-state index contributed by atoms with van der Waals surface area (Å²) >= 11 is 0. The molecule has 0 N–H and O–H groups in total. The van der Waals surface area contributed by atoms with Gasteiger partial charge >= 0.3 is 0 Å².